The summed E-state index contributed by atoms with van der Waals surface area (Å²) >= 11 is 0. The van der Waals surface area contributed by atoms with Gasteiger partial charge in [-0.05, 0) is 66.7 Å². The minimum absolute atomic E-state index is 0.171. The summed E-state index contributed by atoms with van der Waals surface area (Å²) in [6, 6.07) is 18.5. The predicted octanol–water partition coefficient (Wildman–Crippen LogP) is 4.45. The highest BCUT2D eigenvalue weighted by Crippen LogP contribution is 2.49. The van der Waals surface area contributed by atoms with Gasteiger partial charge in [0.15, 0.2) is 0 Å². The summed E-state index contributed by atoms with van der Waals surface area (Å²) in [6.07, 6.45) is 8.08. The lowest BCUT2D eigenvalue weighted by molar-refractivity contribution is -0.123. The van der Waals surface area contributed by atoms with Crippen LogP contribution in [-0.2, 0) is 23.1 Å². The Hall–Kier alpha value is -2.13. The summed E-state index contributed by atoms with van der Waals surface area (Å²) in [5, 5.41) is 3.76. The highest BCUT2D eigenvalue weighted by molar-refractivity contribution is 5.50. The van der Waals surface area contributed by atoms with Crippen LogP contribution in [0.2, 0.25) is 0 Å². The van der Waals surface area contributed by atoms with E-state index in [9.17, 15) is 4.79 Å². The number of carbonyl (C=O) groups is 1. The fourth-order valence-electron chi connectivity index (χ4n) is 6.71. The molecule has 3 aliphatic rings. The molecule has 1 spiro atoms. The van der Waals surface area contributed by atoms with E-state index in [-0.39, 0.29) is 5.41 Å². The van der Waals surface area contributed by atoms with E-state index in [1.165, 1.54) is 30.4 Å². The number of likely N-dealkylation sites (tertiary alicyclic amines) is 1. The third-order valence-electron chi connectivity index (χ3n) is 8.26. The Labute approximate surface area is 180 Å². The number of benzene rings is 2. The molecule has 0 radical (unpaired) electrons. The van der Waals surface area contributed by atoms with Gasteiger partial charge in [0.25, 0.3) is 0 Å². The number of aryl methyl sites for hydroxylation is 2. The van der Waals surface area contributed by atoms with Gasteiger partial charge >= 0.3 is 0 Å². The molecular formula is C27H34N2O. The third-order valence-corrected chi connectivity index (χ3v) is 8.26. The van der Waals surface area contributed by atoms with Gasteiger partial charge in [-0.3, -0.25) is 4.79 Å². The molecule has 2 aromatic rings. The number of carbonyl (C=O) groups excluding carboxylic acids is 1. The van der Waals surface area contributed by atoms with Gasteiger partial charge in [-0.15, -0.1) is 0 Å². The van der Waals surface area contributed by atoms with Crippen molar-refractivity contribution in [2.24, 2.45) is 5.92 Å². The van der Waals surface area contributed by atoms with Crippen molar-refractivity contribution in [1.82, 2.24) is 10.2 Å². The Morgan fingerprint density at radius 2 is 2.07 bits per heavy atom. The Bertz CT molecular complexity index is 895. The topological polar surface area (TPSA) is 32.3 Å². The number of nitrogens with one attached hydrogen (secondary N) is 1. The van der Waals surface area contributed by atoms with Crippen molar-refractivity contribution >= 4 is 6.41 Å². The number of amides is 1. The molecule has 2 aliphatic heterocycles. The minimum atomic E-state index is 0.171. The van der Waals surface area contributed by atoms with Crippen molar-refractivity contribution in [3.63, 3.8) is 0 Å². The Morgan fingerprint density at radius 3 is 2.87 bits per heavy atom. The van der Waals surface area contributed by atoms with Gasteiger partial charge in [0, 0.05) is 37.0 Å². The second-order valence-electron chi connectivity index (χ2n) is 9.63. The van der Waals surface area contributed by atoms with Crippen LogP contribution >= 0.6 is 0 Å². The van der Waals surface area contributed by atoms with Crippen LogP contribution in [0.15, 0.2) is 48.5 Å². The van der Waals surface area contributed by atoms with Crippen LogP contribution in [0, 0.1) is 5.92 Å². The molecule has 2 saturated heterocycles. The van der Waals surface area contributed by atoms with E-state index in [1.54, 1.807) is 11.1 Å². The number of hydrogen-bond donors (Lipinski definition) is 1. The molecule has 0 aromatic heterocycles. The monoisotopic (exact) mass is 402 g/mol. The van der Waals surface area contributed by atoms with E-state index >= 15 is 0 Å². The van der Waals surface area contributed by atoms with E-state index in [0.717, 1.165) is 45.3 Å². The van der Waals surface area contributed by atoms with Crippen LogP contribution in [0.1, 0.15) is 60.8 Å². The highest BCUT2D eigenvalue weighted by atomic mass is 16.1. The standard InChI is InChI=1S/C27H34N2O/c1-2-20-10-11-24-23(15-20)9-6-13-27(24)18-28-17-25(27)26-16-22(12-14-29(26)19-30)21-7-4-3-5-8-21/h3-5,7-8,10-11,15,19,22,25-26,28H,2,6,9,12-14,16-18H2,1H3/t22?,25-,26?,27-/m0/s1. The SMILES string of the molecule is CCc1ccc2c(c1)CCC[C@]21CNC[C@H]1C1CC(c2ccccc2)CCN1C=O. The molecule has 5 rings (SSSR count). The fourth-order valence-corrected chi connectivity index (χ4v) is 6.71. The van der Waals surface area contributed by atoms with Gasteiger partial charge in [-0.25, -0.2) is 0 Å². The van der Waals surface area contributed by atoms with Gasteiger partial charge in [-0.1, -0.05) is 55.5 Å². The molecule has 4 atom stereocenters. The van der Waals surface area contributed by atoms with Crippen molar-refractivity contribution in [1.29, 1.82) is 0 Å². The number of nitrogens with zero attached hydrogens (tertiary/aromatic N) is 1. The van der Waals surface area contributed by atoms with Gasteiger partial charge in [-0.2, -0.15) is 0 Å². The number of fused-ring (bicyclic) bond motifs is 2. The molecule has 0 bridgehead atoms. The quantitative estimate of drug-likeness (QED) is 0.767. The Kier molecular flexibility index (Phi) is 5.41. The zero-order valence-corrected chi connectivity index (χ0v) is 18.1. The number of hydrogen-bond acceptors (Lipinski definition) is 2. The summed E-state index contributed by atoms with van der Waals surface area (Å²) in [6.45, 7) is 5.19. The van der Waals surface area contributed by atoms with Crippen molar-refractivity contribution in [2.75, 3.05) is 19.6 Å². The first-order valence-corrected chi connectivity index (χ1v) is 11.8. The zero-order valence-electron chi connectivity index (χ0n) is 18.1. The van der Waals surface area contributed by atoms with Crippen LogP contribution in [0.3, 0.4) is 0 Å². The summed E-state index contributed by atoms with van der Waals surface area (Å²) < 4.78 is 0. The van der Waals surface area contributed by atoms with E-state index in [4.69, 9.17) is 0 Å². The maximum Gasteiger partial charge on any atom is 0.209 e. The first-order valence-electron chi connectivity index (χ1n) is 11.8. The Balaban J connectivity index is 1.50. The molecule has 0 saturated carbocycles. The molecule has 1 aliphatic carbocycles. The second kappa shape index (κ2) is 8.19. The molecule has 2 fully saturated rings. The lowest BCUT2D eigenvalue weighted by atomic mass is 9.61. The second-order valence-corrected chi connectivity index (χ2v) is 9.63. The summed E-state index contributed by atoms with van der Waals surface area (Å²) in [5.74, 6) is 1.04. The molecule has 2 aromatic carbocycles. The molecule has 3 heteroatoms. The average Bonchev–Trinajstić information content (AvgIpc) is 3.22. The van der Waals surface area contributed by atoms with E-state index in [0.29, 0.717) is 17.9 Å². The smallest absolute Gasteiger partial charge is 0.209 e. The van der Waals surface area contributed by atoms with Crippen molar-refractivity contribution < 1.29 is 4.79 Å². The van der Waals surface area contributed by atoms with Crippen LogP contribution in [0.25, 0.3) is 0 Å². The zero-order chi connectivity index (χ0) is 20.6. The van der Waals surface area contributed by atoms with Gasteiger partial charge in [0.1, 0.15) is 0 Å². The van der Waals surface area contributed by atoms with Crippen LogP contribution in [-0.4, -0.2) is 37.0 Å². The Morgan fingerprint density at radius 1 is 1.20 bits per heavy atom. The highest BCUT2D eigenvalue weighted by Gasteiger charge is 2.51. The molecule has 3 nitrogen and oxygen atoms in total. The summed E-state index contributed by atoms with van der Waals surface area (Å²) in [5.41, 5.74) is 6.18. The van der Waals surface area contributed by atoms with Crippen LogP contribution < -0.4 is 5.32 Å². The minimum Gasteiger partial charge on any atom is -0.342 e. The third kappa shape index (κ3) is 3.28. The lowest BCUT2D eigenvalue weighted by Gasteiger charge is -2.48. The van der Waals surface area contributed by atoms with E-state index < -0.39 is 0 Å². The normalized spacial score (nSPS) is 31.0. The number of piperidine rings is 1. The first kappa shape index (κ1) is 19.8. The van der Waals surface area contributed by atoms with E-state index in [2.05, 4.69) is 65.7 Å². The molecule has 158 valence electrons. The predicted molar refractivity (Wildman–Crippen MR) is 122 cm³/mol. The lowest BCUT2D eigenvalue weighted by Crippen LogP contribution is -2.52. The first-order chi connectivity index (χ1) is 14.7. The van der Waals surface area contributed by atoms with Crippen LogP contribution in [0.5, 0.6) is 0 Å². The molecular weight excluding hydrogens is 368 g/mol. The van der Waals surface area contributed by atoms with Crippen molar-refractivity contribution in [3.05, 3.63) is 70.8 Å². The maximum atomic E-state index is 12.1. The molecule has 30 heavy (non-hydrogen) atoms. The summed E-state index contributed by atoms with van der Waals surface area (Å²) in [7, 11) is 0. The maximum absolute atomic E-state index is 12.1. The van der Waals surface area contributed by atoms with Gasteiger partial charge in [0.2, 0.25) is 6.41 Å². The molecule has 2 unspecified atom stereocenters. The van der Waals surface area contributed by atoms with Crippen LogP contribution in [0.4, 0.5) is 0 Å². The number of rotatable bonds is 4. The van der Waals surface area contributed by atoms with Crippen molar-refractivity contribution in [2.45, 2.75) is 62.8 Å². The summed E-state index contributed by atoms with van der Waals surface area (Å²) in [4.78, 5) is 14.2. The average molecular weight is 403 g/mol. The van der Waals surface area contributed by atoms with Crippen molar-refractivity contribution in [3.8, 4) is 0 Å². The van der Waals surface area contributed by atoms with E-state index in [1.807, 2.05) is 0 Å². The molecule has 1 N–H and O–H groups in total. The van der Waals surface area contributed by atoms with Gasteiger partial charge < -0.3 is 10.2 Å². The largest absolute Gasteiger partial charge is 0.342 e. The van der Waals surface area contributed by atoms with Gasteiger partial charge in [0.05, 0.1) is 0 Å². The molecule has 2 heterocycles. The molecule has 1 amide bonds. The fraction of sp³-hybridized carbons (Fsp3) is 0.519.